The van der Waals surface area contributed by atoms with Gasteiger partial charge in [-0.05, 0) is 44.3 Å². The third kappa shape index (κ3) is 7.17. The summed E-state index contributed by atoms with van der Waals surface area (Å²) in [6.07, 6.45) is 2.16. The van der Waals surface area contributed by atoms with E-state index in [1.807, 2.05) is 6.08 Å². The second kappa shape index (κ2) is 11.4. The Morgan fingerprint density at radius 2 is 1.42 bits per heavy atom. The maximum atomic E-state index is 12.5. The molecule has 0 atom stereocenters. The first-order chi connectivity index (χ1) is 14.1. The Morgan fingerprint density at radius 1 is 0.968 bits per heavy atom. The summed E-state index contributed by atoms with van der Waals surface area (Å²) in [5, 5.41) is 18.9. The number of allylic oxidation sites excluding steroid dienone is 1. The number of methoxy groups -OCH3 is 2. The van der Waals surface area contributed by atoms with Crippen LogP contribution in [0.4, 0.5) is 0 Å². The molecule has 0 fully saturated rings. The van der Waals surface area contributed by atoms with E-state index in [9.17, 15) is 29.4 Å². The lowest BCUT2D eigenvalue weighted by Crippen LogP contribution is -2.53. The van der Waals surface area contributed by atoms with Gasteiger partial charge in [-0.2, -0.15) is 0 Å². The second-order valence-corrected chi connectivity index (χ2v) is 13.8. The van der Waals surface area contributed by atoms with Gasteiger partial charge in [-0.3, -0.25) is 19.2 Å². The van der Waals surface area contributed by atoms with Crippen molar-refractivity contribution in [1.82, 2.24) is 0 Å². The Hall–Kier alpha value is -2.20. The van der Waals surface area contributed by atoms with Crippen LogP contribution in [0.15, 0.2) is 11.6 Å². The molecule has 0 aliphatic heterocycles. The van der Waals surface area contributed by atoms with Crippen molar-refractivity contribution in [3.8, 4) is 0 Å². The highest BCUT2D eigenvalue weighted by molar-refractivity contribution is 6.74. The monoisotopic (exact) mass is 460 g/mol. The summed E-state index contributed by atoms with van der Waals surface area (Å²) in [6, 6.07) is 0. The number of hydrogen-bond acceptors (Lipinski definition) is 7. The van der Waals surface area contributed by atoms with Gasteiger partial charge < -0.3 is 24.1 Å². The minimum Gasteiger partial charge on any atom is -0.481 e. The Balaban J connectivity index is 5.58. The summed E-state index contributed by atoms with van der Waals surface area (Å²) in [5.74, 6) is -8.52. The van der Waals surface area contributed by atoms with Gasteiger partial charge in [-0.15, -0.1) is 0 Å². The molecule has 0 saturated heterocycles. The van der Waals surface area contributed by atoms with Crippen LogP contribution in [0.5, 0.6) is 0 Å². The highest BCUT2D eigenvalue weighted by atomic mass is 28.4. The number of hydrogen-bond donors (Lipinski definition) is 2. The van der Waals surface area contributed by atoms with Gasteiger partial charge in [0.2, 0.25) is 0 Å². The van der Waals surface area contributed by atoms with Gasteiger partial charge >= 0.3 is 23.9 Å². The number of carbonyl (C=O) groups excluding carboxylic acids is 2. The summed E-state index contributed by atoms with van der Waals surface area (Å²) in [7, 11) is 0.0327. The molecular weight excluding hydrogens is 424 g/mol. The van der Waals surface area contributed by atoms with Gasteiger partial charge in [-0.1, -0.05) is 32.4 Å². The molecule has 0 saturated carbocycles. The van der Waals surface area contributed by atoms with E-state index in [1.54, 1.807) is 6.92 Å². The van der Waals surface area contributed by atoms with Crippen LogP contribution in [-0.4, -0.2) is 63.2 Å². The molecule has 2 N–H and O–H groups in total. The molecule has 0 aromatic heterocycles. The summed E-state index contributed by atoms with van der Waals surface area (Å²) in [5.41, 5.74) is -1.75. The molecule has 0 amide bonds. The van der Waals surface area contributed by atoms with Crippen LogP contribution in [-0.2, 0) is 33.1 Å². The van der Waals surface area contributed by atoms with Gasteiger partial charge in [0.05, 0.1) is 14.2 Å². The van der Waals surface area contributed by atoms with Crippen LogP contribution in [0.3, 0.4) is 0 Å². The van der Waals surface area contributed by atoms with Gasteiger partial charge in [0.1, 0.15) is 0 Å². The number of carbonyl (C=O) groups is 4. The molecule has 0 aromatic rings. The van der Waals surface area contributed by atoms with E-state index in [2.05, 4.69) is 43.3 Å². The van der Waals surface area contributed by atoms with Crippen molar-refractivity contribution in [2.24, 2.45) is 11.3 Å². The predicted molar refractivity (Wildman–Crippen MR) is 116 cm³/mol. The van der Waals surface area contributed by atoms with Crippen LogP contribution in [0.1, 0.15) is 47.0 Å². The lowest BCUT2D eigenvalue weighted by atomic mass is 9.71. The van der Waals surface area contributed by atoms with E-state index in [0.29, 0.717) is 13.0 Å². The first kappa shape index (κ1) is 28.8. The minimum absolute atomic E-state index is 0.0784. The molecule has 0 radical (unpaired) electrons. The Labute approximate surface area is 184 Å². The van der Waals surface area contributed by atoms with E-state index in [-0.39, 0.29) is 17.9 Å². The maximum Gasteiger partial charge on any atom is 0.324 e. The number of aliphatic carboxylic acids is 2. The largest absolute Gasteiger partial charge is 0.481 e. The molecule has 31 heavy (non-hydrogen) atoms. The van der Waals surface area contributed by atoms with Gasteiger partial charge in [0, 0.05) is 6.61 Å². The fourth-order valence-corrected chi connectivity index (χ4v) is 3.95. The van der Waals surface area contributed by atoms with Crippen LogP contribution in [0.25, 0.3) is 0 Å². The van der Waals surface area contributed by atoms with Gasteiger partial charge in [0.25, 0.3) is 0 Å². The Kier molecular flexibility index (Phi) is 10.6. The lowest BCUT2D eigenvalue weighted by Gasteiger charge is -2.36. The molecule has 0 bridgehead atoms. The van der Waals surface area contributed by atoms with E-state index < -0.39 is 43.5 Å². The summed E-state index contributed by atoms with van der Waals surface area (Å²) >= 11 is 0. The molecule has 0 aromatic carbocycles. The van der Waals surface area contributed by atoms with Crippen LogP contribution in [0, 0.1) is 11.3 Å². The minimum atomic E-state index is -2.51. The zero-order valence-corrected chi connectivity index (χ0v) is 20.7. The molecule has 0 unspecified atom stereocenters. The third-order valence-electron chi connectivity index (χ3n) is 5.88. The van der Waals surface area contributed by atoms with Gasteiger partial charge in [-0.25, -0.2) is 0 Å². The molecular formula is C21H36O9Si. The quantitative estimate of drug-likeness (QED) is 0.148. The van der Waals surface area contributed by atoms with Crippen LogP contribution in [0.2, 0.25) is 18.1 Å². The van der Waals surface area contributed by atoms with Crippen molar-refractivity contribution < 1.29 is 43.3 Å². The normalized spacial score (nSPS) is 13.1. The summed E-state index contributed by atoms with van der Waals surface area (Å²) in [4.78, 5) is 48.2. The number of carboxylic acid groups (broad SMARTS) is 2. The number of rotatable bonds is 12. The third-order valence-corrected chi connectivity index (χ3v) is 10.4. The van der Waals surface area contributed by atoms with E-state index in [0.717, 1.165) is 19.8 Å². The SMILES string of the molecule is COC(=O)C(CCC(C)=CCCO[Si](C)(C)C(C)(C)C)(C(=O)OC)C(C(=O)O)C(=O)O. The maximum absolute atomic E-state index is 12.5. The first-order valence-corrected chi connectivity index (χ1v) is 12.9. The molecule has 178 valence electrons. The first-order valence-electron chi connectivity index (χ1n) is 10.0. The summed E-state index contributed by atoms with van der Waals surface area (Å²) in [6.45, 7) is 13.0. The van der Waals surface area contributed by atoms with E-state index in [1.165, 1.54) is 0 Å². The predicted octanol–water partition coefficient (Wildman–Crippen LogP) is 3.24. The average molecular weight is 461 g/mol. The number of ether oxygens (including phenoxy) is 2. The topological polar surface area (TPSA) is 136 Å². The molecule has 0 spiro atoms. The Morgan fingerprint density at radius 3 is 1.77 bits per heavy atom. The zero-order chi connectivity index (χ0) is 24.6. The second-order valence-electron chi connectivity index (χ2n) is 9.01. The fraction of sp³-hybridized carbons (Fsp3) is 0.714. The Bertz CT molecular complexity index is 674. The summed E-state index contributed by atoms with van der Waals surface area (Å²) < 4.78 is 15.3. The molecule has 0 aliphatic rings. The average Bonchev–Trinajstić information content (AvgIpc) is 2.65. The van der Waals surface area contributed by atoms with Gasteiger partial charge in [0.15, 0.2) is 19.7 Å². The molecule has 10 heteroatoms. The van der Waals surface area contributed by atoms with Crippen molar-refractivity contribution >= 4 is 32.2 Å². The van der Waals surface area contributed by atoms with Crippen molar-refractivity contribution in [1.29, 1.82) is 0 Å². The highest BCUT2D eigenvalue weighted by Gasteiger charge is 2.60. The van der Waals surface area contributed by atoms with Crippen molar-refractivity contribution in [3.05, 3.63) is 11.6 Å². The van der Waals surface area contributed by atoms with Crippen molar-refractivity contribution in [3.63, 3.8) is 0 Å². The van der Waals surface area contributed by atoms with Crippen LogP contribution < -0.4 is 0 Å². The van der Waals surface area contributed by atoms with Crippen LogP contribution >= 0.6 is 0 Å². The van der Waals surface area contributed by atoms with Crippen molar-refractivity contribution in [2.75, 3.05) is 20.8 Å². The molecule has 0 heterocycles. The highest BCUT2D eigenvalue weighted by Crippen LogP contribution is 2.39. The fourth-order valence-electron chi connectivity index (χ4n) is 2.89. The van der Waals surface area contributed by atoms with E-state index in [4.69, 9.17) is 4.43 Å². The zero-order valence-electron chi connectivity index (χ0n) is 19.7. The smallest absolute Gasteiger partial charge is 0.324 e. The number of esters is 2. The molecule has 0 rings (SSSR count). The molecule has 9 nitrogen and oxygen atoms in total. The number of carboxylic acids is 2. The standard InChI is InChI=1S/C21H36O9Si/c1-14(10-9-13-30-31(7,8)20(2,3)4)11-12-21(18(26)28-5,19(27)29-6)15(16(22)23)17(24)25/h10,15H,9,11-13H2,1-8H3,(H,22,23)(H,24,25). The molecule has 0 aliphatic carbocycles. The van der Waals surface area contributed by atoms with Crippen molar-refractivity contribution in [2.45, 2.75) is 65.1 Å². The van der Waals surface area contributed by atoms with E-state index >= 15 is 0 Å². The lowest BCUT2D eigenvalue weighted by molar-refractivity contribution is -0.186.